The summed E-state index contributed by atoms with van der Waals surface area (Å²) in [7, 11) is 0. The van der Waals surface area contributed by atoms with Crippen LogP contribution in [-0.4, -0.2) is 87.0 Å². The number of nitrogens with zero attached hydrogens (tertiary/aromatic N) is 5. The molecule has 0 amide bonds. The van der Waals surface area contributed by atoms with Crippen LogP contribution in [0.3, 0.4) is 0 Å². The van der Waals surface area contributed by atoms with Crippen molar-refractivity contribution in [2.75, 3.05) is 81.9 Å². The Bertz CT molecular complexity index is 569. The molecule has 4 rings (SSSR count). The number of piperazine rings is 1. The summed E-state index contributed by atoms with van der Waals surface area (Å²) in [5.41, 5.74) is 0.445. The van der Waals surface area contributed by atoms with Gasteiger partial charge < -0.3 is 19.9 Å². The zero-order chi connectivity index (χ0) is 17.1. The van der Waals surface area contributed by atoms with Crippen LogP contribution in [0.4, 0.5) is 11.6 Å². The second-order valence-corrected chi connectivity index (χ2v) is 7.83. The van der Waals surface area contributed by atoms with Crippen molar-refractivity contribution in [2.24, 2.45) is 5.41 Å². The van der Waals surface area contributed by atoms with Gasteiger partial charge in [0, 0.05) is 58.4 Å². The van der Waals surface area contributed by atoms with Crippen molar-refractivity contribution in [3.63, 3.8) is 0 Å². The molecule has 146 valence electrons. The Balaban J connectivity index is 0.00000196. The third kappa shape index (κ3) is 4.57. The van der Waals surface area contributed by atoms with Gasteiger partial charge in [-0.2, -0.15) is 0 Å². The smallest absolute Gasteiger partial charge is 0.134 e. The predicted octanol–water partition coefficient (Wildman–Crippen LogP) is 0.857. The standard InChI is InChI=1S/C18H30N6O.ClH/c1-18(2-3-19-13-18)14-22-4-6-23(7-5-22)16-12-17(21-15-20-16)24-8-10-25-11-9-24;/h12,15,19H,2-11,13-14H2,1H3;1H. The van der Waals surface area contributed by atoms with E-state index in [2.05, 4.69) is 43.0 Å². The summed E-state index contributed by atoms with van der Waals surface area (Å²) < 4.78 is 5.44. The van der Waals surface area contributed by atoms with E-state index in [9.17, 15) is 0 Å². The van der Waals surface area contributed by atoms with Crippen LogP contribution in [0.5, 0.6) is 0 Å². The third-order valence-electron chi connectivity index (χ3n) is 5.73. The van der Waals surface area contributed by atoms with E-state index in [0.717, 1.165) is 70.7 Å². The van der Waals surface area contributed by atoms with E-state index in [1.54, 1.807) is 6.33 Å². The summed E-state index contributed by atoms with van der Waals surface area (Å²) in [5, 5.41) is 3.51. The molecular formula is C18H31ClN6O. The van der Waals surface area contributed by atoms with Crippen LogP contribution in [0.25, 0.3) is 0 Å². The summed E-state index contributed by atoms with van der Waals surface area (Å²) in [6, 6.07) is 2.14. The van der Waals surface area contributed by atoms with Crippen molar-refractivity contribution >= 4 is 24.0 Å². The molecule has 3 fully saturated rings. The first-order valence-corrected chi connectivity index (χ1v) is 9.55. The maximum atomic E-state index is 5.44. The molecule has 0 aromatic carbocycles. The second kappa shape index (κ2) is 8.69. The molecule has 1 aromatic rings. The number of anilines is 2. The summed E-state index contributed by atoms with van der Waals surface area (Å²) >= 11 is 0. The van der Waals surface area contributed by atoms with Gasteiger partial charge in [-0.05, 0) is 18.4 Å². The highest BCUT2D eigenvalue weighted by atomic mass is 35.5. The zero-order valence-electron chi connectivity index (χ0n) is 15.7. The minimum Gasteiger partial charge on any atom is -0.378 e. The lowest BCUT2D eigenvalue weighted by Gasteiger charge is -2.39. The highest BCUT2D eigenvalue weighted by Gasteiger charge is 2.32. The van der Waals surface area contributed by atoms with Gasteiger partial charge in [-0.3, -0.25) is 4.90 Å². The van der Waals surface area contributed by atoms with Crippen molar-refractivity contribution < 1.29 is 4.74 Å². The van der Waals surface area contributed by atoms with Crippen molar-refractivity contribution in [1.82, 2.24) is 20.2 Å². The quantitative estimate of drug-likeness (QED) is 0.828. The van der Waals surface area contributed by atoms with Crippen LogP contribution >= 0.6 is 12.4 Å². The van der Waals surface area contributed by atoms with Crippen LogP contribution in [0.1, 0.15) is 13.3 Å². The number of hydrogen-bond acceptors (Lipinski definition) is 7. The molecule has 3 saturated heterocycles. The van der Waals surface area contributed by atoms with Crippen LogP contribution in [0.2, 0.25) is 0 Å². The average molecular weight is 383 g/mol. The highest BCUT2D eigenvalue weighted by Crippen LogP contribution is 2.27. The Hall–Kier alpha value is -1.15. The van der Waals surface area contributed by atoms with E-state index in [-0.39, 0.29) is 12.4 Å². The molecule has 0 bridgehead atoms. The van der Waals surface area contributed by atoms with Gasteiger partial charge in [-0.25, -0.2) is 9.97 Å². The second-order valence-electron chi connectivity index (χ2n) is 7.83. The molecule has 3 aliphatic heterocycles. The largest absolute Gasteiger partial charge is 0.378 e. The summed E-state index contributed by atoms with van der Waals surface area (Å²) in [6.07, 6.45) is 3.00. The van der Waals surface area contributed by atoms with Crippen LogP contribution in [0, 0.1) is 5.41 Å². The van der Waals surface area contributed by atoms with E-state index in [0.29, 0.717) is 5.41 Å². The Morgan fingerprint density at radius 1 is 1.04 bits per heavy atom. The van der Waals surface area contributed by atoms with Crippen LogP contribution in [0.15, 0.2) is 12.4 Å². The van der Waals surface area contributed by atoms with Crippen molar-refractivity contribution in [1.29, 1.82) is 0 Å². The summed E-state index contributed by atoms with van der Waals surface area (Å²) in [5.74, 6) is 2.09. The fraction of sp³-hybridized carbons (Fsp3) is 0.778. The van der Waals surface area contributed by atoms with Gasteiger partial charge in [-0.15, -0.1) is 12.4 Å². The van der Waals surface area contributed by atoms with Gasteiger partial charge in [0.15, 0.2) is 0 Å². The lowest BCUT2D eigenvalue weighted by atomic mass is 9.89. The molecular weight excluding hydrogens is 352 g/mol. The predicted molar refractivity (Wildman–Crippen MR) is 107 cm³/mol. The molecule has 7 nitrogen and oxygen atoms in total. The van der Waals surface area contributed by atoms with Crippen LogP contribution < -0.4 is 15.1 Å². The monoisotopic (exact) mass is 382 g/mol. The normalized spacial score (nSPS) is 27.4. The zero-order valence-corrected chi connectivity index (χ0v) is 16.5. The molecule has 26 heavy (non-hydrogen) atoms. The molecule has 3 aliphatic rings. The van der Waals surface area contributed by atoms with Gasteiger partial charge in [0.2, 0.25) is 0 Å². The van der Waals surface area contributed by atoms with Gasteiger partial charge >= 0.3 is 0 Å². The van der Waals surface area contributed by atoms with Gasteiger partial charge in [-0.1, -0.05) is 6.92 Å². The molecule has 0 aliphatic carbocycles. The molecule has 1 unspecified atom stereocenters. The lowest BCUT2D eigenvalue weighted by molar-refractivity contribution is 0.122. The maximum absolute atomic E-state index is 5.44. The van der Waals surface area contributed by atoms with E-state index >= 15 is 0 Å². The number of hydrogen-bond donors (Lipinski definition) is 1. The first kappa shape index (κ1) is 19.6. The minimum atomic E-state index is 0. The third-order valence-corrected chi connectivity index (χ3v) is 5.73. The molecule has 0 spiro atoms. The Kier molecular flexibility index (Phi) is 6.55. The number of morpholine rings is 1. The fourth-order valence-corrected chi connectivity index (χ4v) is 4.15. The Morgan fingerprint density at radius 3 is 2.31 bits per heavy atom. The van der Waals surface area contributed by atoms with Crippen molar-refractivity contribution in [3.8, 4) is 0 Å². The SMILES string of the molecule is CC1(CN2CCN(c3cc(N4CCOCC4)ncn3)CC2)CCNC1.Cl. The molecule has 0 radical (unpaired) electrons. The topological polar surface area (TPSA) is 56.8 Å². The number of rotatable bonds is 4. The molecule has 8 heteroatoms. The number of halogens is 1. The molecule has 1 atom stereocenters. The maximum Gasteiger partial charge on any atom is 0.134 e. The van der Waals surface area contributed by atoms with Gasteiger partial charge in [0.05, 0.1) is 13.2 Å². The Morgan fingerprint density at radius 2 is 1.69 bits per heavy atom. The molecule has 1 aromatic heterocycles. The molecule has 1 N–H and O–H groups in total. The molecule has 0 saturated carbocycles. The van der Waals surface area contributed by atoms with Gasteiger partial charge in [0.1, 0.15) is 18.0 Å². The van der Waals surface area contributed by atoms with E-state index < -0.39 is 0 Å². The van der Waals surface area contributed by atoms with Gasteiger partial charge in [0.25, 0.3) is 0 Å². The lowest BCUT2D eigenvalue weighted by Crippen LogP contribution is -2.50. The Labute approximate surface area is 162 Å². The summed E-state index contributed by atoms with van der Waals surface area (Å²) in [6.45, 7) is 13.7. The molecule has 4 heterocycles. The van der Waals surface area contributed by atoms with E-state index in [1.807, 2.05) is 0 Å². The first-order valence-electron chi connectivity index (χ1n) is 9.55. The average Bonchev–Trinajstić information content (AvgIpc) is 3.09. The highest BCUT2D eigenvalue weighted by molar-refractivity contribution is 5.85. The minimum absolute atomic E-state index is 0. The van der Waals surface area contributed by atoms with E-state index in [1.165, 1.54) is 19.5 Å². The number of ether oxygens (including phenoxy) is 1. The van der Waals surface area contributed by atoms with E-state index in [4.69, 9.17) is 4.74 Å². The summed E-state index contributed by atoms with van der Waals surface area (Å²) in [4.78, 5) is 16.3. The van der Waals surface area contributed by atoms with Crippen LogP contribution in [-0.2, 0) is 4.74 Å². The first-order chi connectivity index (χ1) is 12.2. The van der Waals surface area contributed by atoms with Crippen molar-refractivity contribution in [2.45, 2.75) is 13.3 Å². The number of aromatic nitrogens is 2. The van der Waals surface area contributed by atoms with Crippen molar-refractivity contribution in [3.05, 3.63) is 12.4 Å². The number of nitrogens with one attached hydrogen (secondary N) is 1. The fourth-order valence-electron chi connectivity index (χ4n) is 4.15.